The number of anilines is 2. The van der Waals surface area contributed by atoms with Gasteiger partial charge in [-0.05, 0) is 42.3 Å². The summed E-state index contributed by atoms with van der Waals surface area (Å²) < 4.78 is 20.0. The van der Waals surface area contributed by atoms with E-state index in [1.807, 2.05) is 0 Å². The molecule has 150 valence electrons. The van der Waals surface area contributed by atoms with Crippen LogP contribution in [0, 0.1) is 5.82 Å². The van der Waals surface area contributed by atoms with Gasteiger partial charge in [0.15, 0.2) is 0 Å². The minimum absolute atomic E-state index is 0.242. The van der Waals surface area contributed by atoms with Gasteiger partial charge in [0, 0.05) is 6.54 Å². The molecule has 1 atom stereocenters. The maximum atomic E-state index is 14.6. The van der Waals surface area contributed by atoms with Crippen LogP contribution in [0.2, 0.25) is 0 Å². The summed E-state index contributed by atoms with van der Waals surface area (Å²) in [5.41, 5.74) is 0.792. The number of ether oxygens (including phenoxy) is 1. The van der Waals surface area contributed by atoms with Gasteiger partial charge < -0.3 is 9.64 Å². The summed E-state index contributed by atoms with van der Waals surface area (Å²) in [4.78, 5) is 27.0. The van der Waals surface area contributed by atoms with Crippen LogP contribution in [0.4, 0.5) is 20.6 Å². The van der Waals surface area contributed by atoms with Crippen LogP contribution >= 0.6 is 12.2 Å². The topological polar surface area (TPSA) is 65.5 Å². The summed E-state index contributed by atoms with van der Waals surface area (Å²) in [6, 6.07) is 4.61. The second kappa shape index (κ2) is 9.09. The van der Waals surface area contributed by atoms with Gasteiger partial charge in [-0.1, -0.05) is 25.6 Å². The van der Waals surface area contributed by atoms with Gasteiger partial charge in [0.25, 0.3) is 0 Å². The molecule has 0 bridgehead atoms. The average molecular weight is 406 g/mol. The Hall–Kier alpha value is -2.55. The van der Waals surface area contributed by atoms with Crippen LogP contribution in [-0.2, 0) is 9.53 Å². The quantitative estimate of drug-likeness (QED) is 0.489. The molecule has 0 aliphatic carbocycles. The SMILES string of the molecule is CCCC(=S)CC[C@H]1CN(c2ccc(N3C=NN(C=O)CC3)c(F)c2)C(=O)O1. The zero-order valence-electron chi connectivity index (χ0n) is 15.7. The number of carbonyl (C=O) groups is 2. The normalized spacial score (nSPS) is 19.1. The number of benzene rings is 1. The van der Waals surface area contributed by atoms with Crippen LogP contribution in [-0.4, -0.2) is 54.5 Å². The van der Waals surface area contributed by atoms with Crippen LogP contribution in [0.15, 0.2) is 23.3 Å². The highest BCUT2D eigenvalue weighted by Crippen LogP contribution is 2.29. The highest BCUT2D eigenvalue weighted by molar-refractivity contribution is 7.80. The molecule has 1 aromatic carbocycles. The number of hydrazone groups is 1. The Bertz CT molecular complexity index is 788. The molecule has 3 rings (SSSR count). The third-order valence-electron chi connectivity index (χ3n) is 4.73. The van der Waals surface area contributed by atoms with Gasteiger partial charge in [0.2, 0.25) is 6.41 Å². The molecule has 2 aliphatic heterocycles. The molecule has 0 N–H and O–H groups in total. The number of carbonyl (C=O) groups excluding carboxylic acids is 2. The fourth-order valence-corrected chi connectivity index (χ4v) is 3.54. The van der Waals surface area contributed by atoms with Crippen molar-refractivity contribution in [3.63, 3.8) is 0 Å². The number of hydrogen-bond donors (Lipinski definition) is 0. The van der Waals surface area contributed by atoms with E-state index in [2.05, 4.69) is 12.0 Å². The van der Waals surface area contributed by atoms with Gasteiger partial charge in [0.1, 0.15) is 18.3 Å². The Morgan fingerprint density at radius 2 is 2.21 bits per heavy atom. The molecule has 2 heterocycles. The summed E-state index contributed by atoms with van der Waals surface area (Å²) in [5, 5.41) is 5.17. The molecule has 0 saturated carbocycles. The summed E-state index contributed by atoms with van der Waals surface area (Å²) in [5.74, 6) is -0.469. The maximum absolute atomic E-state index is 14.6. The Labute approximate surface area is 168 Å². The third kappa shape index (κ3) is 4.64. The summed E-state index contributed by atoms with van der Waals surface area (Å²) >= 11 is 5.31. The lowest BCUT2D eigenvalue weighted by atomic mass is 10.1. The van der Waals surface area contributed by atoms with Crippen LogP contribution in [0.3, 0.4) is 0 Å². The van der Waals surface area contributed by atoms with Crippen molar-refractivity contribution in [2.45, 2.75) is 38.7 Å². The predicted octanol–water partition coefficient (Wildman–Crippen LogP) is 3.32. The Kier molecular flexibility index (Phi) is 6.56. The Balaban J connectivity index is 1.64. The number of amides is 2. The van der Waals surface area contributed by atoms with Gasteiger partial charge in [-0.15, -0.1) is 0 Å². The van der Waals surface area contributed by atoms with Crippen molar-refractivity contribution in [2.24, 2.45) is 5.10 Å². The molecule has 1 aromatic rings. The molecule has 7 nitrogen and oxygen atoms in total. The van der Waals surface area contributed by atoms with Crippen molar-refractivity contribution in [2.75, 3.05) is 29.4 Å². The molecule has 0 unspecified atom stereocenters. The smallest absolute Gasteiger partial charge is 0.414 e. The van der Waals surface area contributed by atoms with E-state index >= 15 is 0 Å². The van der Waals surface area contributed by atoms with E-state index in [-0.39, 0.29) is 6.10 Å². The minimum atomic E-state index is -0.472. The molecular weight excluding hydrogens is 383 g/mol. The maximum Gasteiger partial charge on any atom is 0.414 e. The lowest BCUT2D eigenvalue weighted by Crippen LogP contribution is -2.37. The van der Waals surface area contributed by atoms with Crippen molar-refractivity contribution in [3.05, 3.63) is 24.0 Å². The van der Waals surface area contributed by atoms with E-state index in [0.29, 0.717) is 43.8 Å². The molecule has 28 heavy (non-hydrogen) atoms. The zero-order chi connectivity index (χ0) is 20.1. The van der Waals surface area contributed by atoms with Gasteiger partial charge in [-0.25, -0.2) is 14.2 Å². The number of nitrogens with zero attached hydrogens (tertiary/aromatic N) is 4. The van der Waals surface area contributed by atoms with Crippen molar-refractivity contribution in [1.82, 2.24) is 5.01 Å². The molecule has 1 fully saturated rings. The standard InChI is InChI=1S/C19H23FN4O3S/c1-2-3-16(28)6-5-15-11-24(19(26)27-15)14-4-7-18(17(20)10-14)22-8-9-23(13-25)21-12-22/h4,7,10,12-13,15H,2-3,5-6,8-9,11H2,1H3/t15-/m0/s1. The van der Waals surface area contributed by atoms with E-state index in [1.165, 1.54) is 22.3 Å². The second-order valence-electron chi connectivity index (χ2n) is 6.77. The fraction of sp³-hybridized carbons (Fsp3) is 0.474. The molecule has 9 heteroatoms. The number of hydrogen-bond acceptors (Lipinski definition) is 6. The van der Waals surface area contributed by atoms with Crippen molar-refractivity contribution < 1.29 is 18.7 Å². The van der Waals surface area contributed by atoms with Crippen LogP contribution in [0.5, 0.6) is 0 Å². The highest BCUT2D eigenvalue weighted by atomic mass is 32.1. The number of thiocarbonyl (C=S) groups is 1. The van der Waals surface area contributed by atoms with Crippen LogP contribution in [0.1, 0.15) is 32.6 Å². The van der Waals surface area contributed by atoms with Crippen molar-refractivity contribution in [1.29, 1.82) is 0 Å². The fourth-order valence-electron chi connectivity index (χ4n) is 3.22. The van der Waals surface area contributed by atoms with Gasteiger partial charge in [-0.2, -0.15) is 5.10 Å². The van der Waals surface area contributed by atoms with Gasteiger partial charge in [-0.3, -0.25) is 9.69 Å². The largest absolute Gasteiger partial charge is 0.444 e. The molecule has 0 spiro atoms. The lowest BCUT2D eigenvalue weighted by molar-refractivity contribution is -0.118. The first-order valence-corrected chi connectivity index (χ1v) is 9.74. The predicted molar refractivity (Wildman–Crippen MR) is 109 cm³/mol. The highest BCUT2D eigenvalue weighted by Gasteiger charge is 2.32. The number of cyclic esters (lactones) is 1. The van der Waals surface area contributed by atoms with Crippen molar-refractivity contribution >= 4 is 47.3 Å². The third-order valence-corrected chi connectivity index (χ3v) is 5.14. The Morgan fingerprint density at radius 3 is 2.86 bits per heavy atom. The number of rotatable bonds is 8. The zero-order valence-corrected chi connectivity index (χ0v) is 16.5. The minimum Gasteiger partial charge on any atom is -0.444 e. The van der Waals surface area contributed by atoms with E-state index in [4.69, 9.17) is 17.0 Å². The van der Waals surface area contributed by atoms with Gasteiger partial charge in [0.05, 0.1) is 24.5 Å². The summed E-state index contributed by atoms with van der Waals surface area (Å²) in [6.07, 6.45) is 4.65. The number of halogens is 1. The van der Waals surface area contributed by atoms with Crippen molar-refractivity contribution in [3.8, 4) is 0 Å². The van der Waals surface area contributed by atoms with Gasteiger partial charge >= 0.3 is 6.09 Å². The first kappa shape index (κ1) is 20.2. The summed E-state index contributed by atoms with van der Waals surface area (Å²) in [6.45, 7) is 3.27. The average Bonchev–Trinajstić information content (AvgIpc) is 3.07. The van der Waals surface area contributed by atoms with E-state index in [9.17, 15) is 14.0 Å². The second-order valence-corrected chi connectivity index (χ2v) is 7.35. The lowest BCUT2D eigenvalue weighted by Gasteiger charge is -2.27. The van der Waals surface area contributed by atoms with Crippen LogP contribution in [0.25, 0.3) is 0 Å². The van der Waals surface area contributed by atoms with Crippen LogP contribution < -0.4 is 9.80 Å². The monoisotopic (exact) mass is 406 g/mol. The molecule has 0 aromatic heterocycles. The van der Waals surface area contributed by atoms with E-state index < -0.39 is 11.9 Å². The Morgan fingerprint density at radius 1 is 1.39 bits per heavy atom. The first-order chi connectivity index (χ1) is 13.5. The molecule has 2 aliphatic rings. The molecule has 1 saturated heterocycles. The summed E-state index contributed by atoms with van der Waals surface area (Å²) in [7, 11) is 0. The first-order valence-electron chi connectivity index (χ1n) is 9.34. The van der Waals surface area contributed by atoms with E-state index in [1.54, 1.807) is 17.0 Å². The molecule has 2 amide bonds. The van der Waals surface area contributed by atoms with E-state index in [0.717, 1.165) is 24.1 Å². The molecule has 0 radical (unpaired) electrons. The molecular formula is C19H23FN4O3S.